The first-order chi connectivity index (χ1) is 8.24. The van der Waals surface area contributed by atoms with E-state index in [0.29, 0.717) is 3.57 Å². The second kappa shape index (κ2) is 5.59. The van der Waals surface area contributed by atoms with E-state index in [0.717, 1.165) is 13.3 Å². The first-order valence-electron chi connectivity index (χ1n) is 4.43. The maximum Gasteiger partial charge on any atom is 0.574 e. The summed E-state index contributed by atoms with van der Waals surface area (Å²) in [5, 5.41) is 9.58. The molecule has 0 aliphatic carbocycles. The summed E-state index contributed by atoms with van der Waals surface area (Å²) >= 11 is 1.72. The Morgan fingerprint density at radius 3 is 2.67 bits per heavy atom. The number of ether oxygens (including phenoxy) is 2. The molecule has 0 aliphatic heterocycles. The molecule has 1 aromatic heterocycles. The van der Waals surface area contributed by atoms with Crippen LogP contribution in [-0.4, -0.2) is 29.5 Å². The molecule has 0 unspecified atom stereocenters. The molecule has 0 radical (unpaired) electrons. The number of hydrogen-bond donors (Lipinski definition) is 1. The summed E-state index contributed by atoms with van der Waals surface area (Å²) in [5.41, 5.74) is -0.0308. The van der Waals surface area contributed by atoms with Crippen LogP contribution in [0.1, 0.15) is 5.56 Å². The Bertz CT molecular complexity index is 464. The monoisotopic (exact) mass is 377 g/mol. The van der Waals surface area contributed by atoms with Crippen molar-refractivity contribution in [3.63, 3.8) is 0 Å². The second-order valence-electron chi connectivity index (χ2n) is 3.04. The van der Waals surface area contributed by atoms with Crippen LogP contribution in [0.5, 0.6) is 11.6 Å². The minimum absolute atomic E-state index is 0.0308. The molecular weight excluding hydrogens is 370 g/mol. The van der Waals surface area contributed by atoms with Crippen LogP contribution in [0.25, 0.3) is 0 Å². The van der Waals surface area contributed by atoms with Crippen molar-refractivity contribution in [3.8, 4) is 11.6 Å². The van der Waals surface area contributed by atoms with E-state index in [9.17, 15) is 23.1 Å². The molecule has 1 N–H and O–H groups in total. The van der Waals surface area contributed by atoms with Crippen molar-refractivity contribution in [1.29, 1.82) is 0 Å². The van der Waals surface area contributed by atoms with Gasteiger partial charge in [-0.15, -0.1) is 13.2 Å². The van der Waals surface area contributed by atoms with Crippen molar-refractivity contribution in [2.24, 2.45) is 0 Å². The third-order valence-corrected chi connectivity index (χ3v) is 2.76. The van der Waals surface area contributed by atoms with E-state index in [1.54, 1.807) is 22.6 Å². The quantitative estimate of drug-likeness (QED) is 0.645. The number of methoxy groups -OCH3 is 1. The highest BCUT2D eigenvalue weighted by molar-refractivity contribution is 14.1. The Balaban J connectivity index is 3.10. The highest BCUT2D eigenvalue weighted by atomic mass is 127. The van der Waals surface area contributed by atoms with Gasteiger partial charge in [0.1, 0.15) is 0 Å². The number of halogens is 4. The molecule has 0 fully saturated rings. The Hall–Kier alpha value is -1.26. The van der Waals surface area contributed by atoms with Gasteiger partial charge in [0, 0.05) is 15.3 Å². The fourth-order valence-corrected chi connectivity index (χ4v) is 1.65. The maximum absolute atomic E-state index is 12.0. The number of hydrogen-bond acceptors (Lipinski definition) is 5. The summed E-state index contributed by atoms with van der Waals surface area (Å²) in [6.07, 6.45) is -4.29. The summed E-state index contributed by atoms with van der Waals surface area (Å²) in [5.74, 6) is -2.53. The van der Waals surface area contributed by atoms with Crippen LogP contribution >= 0.6 is 22.6 Å². The van der Waals surface area contributed by atoms with Gasteiger partial charge in [-0.1, -0.05) is 0 Å². The molecule has 0 bridgehead atoms. The molecule has 9 heteroatoms. The number of rotatable bonds is 3. The minimum Gasteiger partial charge on any atom is -0.503 e. The van der Waals surface area contributed by atoms with Crippen LogP contribution in [0.15, 0.2) is 6.20 Å². The van der Waals surface area contributed by atoms with E-state index in [1.165, 1.54) is 0 Å². The molecule has 0 spiro atoms. The van der Waals surface area contributed by atoms with E-state index in [2.05, 4.69) is 14.5 Å². The van der Waals surface area contributed by atoms with Gasteiger partial charge in [0.05, 0.1) is 13.5 Å². The van der Waals surface area contributed by atoms with Gasteiger partial charge in [0.25, 0.3) is 5.88 Å². The number of aromatic nitrogens is 1. The summed E-state index contributed by atoms with van der Waals surface area (Å²) in [7, 11) is 1.13. The first kappa shape index (κ1) is 14.8. The van der Waals surface area contributed by atoms with Gasteiger partial charge in [-0.3, -0.25) is 4.79 Å². The van der Waals surface area contributed by atoms with E-state index >= 15 is 0 Å². The van der Waals surface area contributed by atoms with Gasteiger partial charge in [0.2, 0.25) is 0 Å². The van der Waals surface area contributed by atoms with Gasteiger partial charge in [0.15, 0.2) is 5.75 Å². The van der Waals surface area contributed by atoms with Gasteiger partial charge in [-0.25, -0.2) is 4.98 Å². The topological polar surface area (TPSA) is 68.7 Å². The first-order valence-corrected chi connectivity index (χ1v) is 5.51. The number of pyridine rings is 1. The number of carbonyl (C=O) groups excluding carboxylic acids is 1. The Labute approximate surface area is 113 Å². The zero-order chi connectivity index (χ0) is 13.9. The Morgan fingerprint density at radius 1 is 1.56 bits per heavy atom. The van der Waals surface area contributed by atoms with Crippen LogP contribution in [0, 0.1) is 3.57 Å². The summed E-state index contributed by atoms with van der Waals surface area (Å²) in [4.78, 5) is 14.4. The fraction of sp³-hybridized carbons (Fsp3) is 0.333. The smallest absolute Gasteiger partial charge is 0.503 e. The molecule has 5 nitrogen and oxygen atoms in total. The molecule has 0 atom stereocenters. The Kier molecular flexibility index (Phi) is 4.59. The van der Waals surface area contributed by atoms with Crippen LogP contribution < -0.4 is 4.74 Å². The van der Waals surface area contributed by atoms with Crippen molar-refractivity contribution >= 4 is 28.6 Å². The third kappa shape index (κ3) is 3.89. The van der Waals surface area contributed by atoms with Crippen molar-refractivity contribution in [3.05, 3.63) is 15.3 Å². The molecule has 0 amide bonds. The van der Waals surface area contributed by atoms with E-state index in [-0.39, 0.29) is 12.0 Å². The van der Waals surface area contributed by atoms with Gasteiger partial charge in [-0.2, -0.15) is 0 Å². The van der Waals surface area contributed by atoms with Crippen molar-refractivity contribution < 1.29 is 32.5 Å². The predicted octanol–water partition coefficient (Wildman–Crippen LogP) is 2.01. The molecule has 0 saturated carbocycles. The molecule has 1 heterocycles. The average Bonchev–Trinajstić information content (AvgIpc) is 2.26. The lowest BCUT2D eigenvalue weighted by Gasteiger charge is -2.12. The molecule has 100 valence electrons. The number of alkyl halides is 3. The predicted molar refractivity (Wildman–Crippen MR) is 61.0 cm³/mol. The summed E-state index contributed by atoms with van der Waals surface area (Å²) < 4.78 is 44.3. The summed E-state index contributed by atoms with van der Waals surface area (Å²) in [6, 6.07) is 0. The highest BCUT2D eigenvalue weighted by Crippen LogP contribution is 2.34. The molecular formula is C9H7F3INO4. The number of aromatic hydroxyl groups is 1. The van der Waals surface area contributed by atoms with Gasteiger partial charge >= 0.3 is 12.3 Å². The minimum atomic E-state index is -4.97. The van der Waals surface area contributed by atoms with Crippen LogP contribution in [0.3, 0.4) is 0 Å². The standard InChI is InChI=1S/C9H7F3INO4/c1-17-6(15)2-4-5(13)3-14-8(7(4)16)18-9(10,11)12/h3,16H,2H2,1H3. The lowest BCUT2D eigenvalue weighted by molar-refractivity contribution is -0.276. The third-order valence-electron chi connectivity index (χ3n) is 1.83. The molecule has 1 aromatic rings. The van der Waals surface area contributed by atoms with Gasteiger partial charge in [-0.05, 0) is 22.6 Å². The largest absolute Gasteiger partial charge is 0.574 e. The van der Waals surface area contributed by atoms with E-state index in [4.69, 9.17) is 0 Å². The zero-order valence-electron chi connectivity index (χ0n) is 8.92. The SMILES string of the molecule is COC(=O)Cc1c(I)cnc(OC(F)(F)F)c1O. The number of esters is 1. The maximum atomic E-state index is 12.0. The lowest BCUT2D eigenvalue weighted by Crippen LogP contribution is -2.18. The molecule has 0 aliphatic rings. The van der Waals surface area contributed by atoms with Crippen molar-refractivity contribution in [2.75, 3.05) is 7.11 Å². The zero-order valence-corrected chi connectivity index (χ0v) is 11.1. The molecule has 18 heavy (non-hydrogen) atoms. The summed E-state index contributed by atoms with van der Waals surface area (Å²) in [6.45, 7) is 0. The highest BCUT2D eigenvalue weighted by Gasteiger charge is 2.34. The fourth-order valence-electron chi connectivity index (χ4n) is 1.07. The van der Waals surface area contributed by atoms with Crippen LogP contribution in [-0.2, 0) is 16.0 Å². The second-order valence-corrected chi connectivity index (χ2v) is 4.20. The van der Waals surface area contributed by atoms with E-state index < -0.39 is 24.0 Å². The molecule has 1 rings (SSSR count). The Morgan fingerprint density at radius 2 is 2.17 bits per heavy atom. The number of carbonyl (C=O) groups is 1. The van der Waals surface area contributed by atoms with Crippen molar-refractivity contribution in [1.82, 2.24) is 4.98 Å². The van der Waals surface area contributed by atoms with Crippen LogP contribution in [0.2, 0.25) is 0 Å². The molecule has 0 saturated heterocycles. The van der Waals surface area contributed by atoms with Gasteiger partial charge < -0.3 is 14.6 Å². The lowest BCUT2D eigenvalue weighted by atomic mass is 10.2. The average molecular weight is 377 g/mol. The molecule has 0 aromatic carbocycles. The normalized spacial score (nSPS) is 11.2. The van der Waals surface area contributed by atoms with Crippen LogP contribution in [0.4, 0.5) is 13.2 Å². The van der Waals surface area contributed by atoms with E-state index in [1.807, 2.05) is 0 Å². The number of nitrogens with zero attached hydrogens (tertiary/aromatic N) is 1. The van der Waals surface area contributed by atoms with Crippen molar-refractivity contribution in [2.45, 2.75) is 12.8 Å².